The van der Waals surface area contributed by atoms with Gasteiger partial charge in [0.05, 0.1) is 13.0 Å². The second kappa shape index (κ2) is 5.85. The number of hydrogen-bond acceptors (Lipinski definition) is 6. The van der Waals surface area contributed by atoms with Gasteiger partial charge in [0.2, 0.25) is 0 Å². The summed E-state index contributed by atoms with van der Waals surface area (Å²) in [5, 5.41) is 0. The van der Waals surface area contributed by atoms with Crippen molar-refractivity contribution < 1.29 is 17.9 Å². The minimum atomic E-state index is -3.77. The Morgan fingerprint density at radius 1 is 1.53 bits per heavy atom. The van der Waals surface area contributed by atoms with Gasteiger partial charge < -0.3 is 9.72 Å². The lowest BCUT2D eigenvalue weighted by Crippen LogP contribution is -2.34. The van der Waals surface area contributed by atoms with Crippen LogP contribution in [0.5, 0.6) is 0 Å². The van der Waals surface area contributed by atoms with Crippen LogP contribution in [-0.2, 0) is 19.6 Å². The summed E-state index contributed by atoms with van der Waals surface area (Å²) in [5.74, 6) is -1.07. The van der Waals surface area contributed by atoms with E-state index in [0.717, 1.165) is 4.31 Å². The molecule has 9 heteroatoms. The molecule has 0 spiro atoms. The van der Waals surface area contributed by atoms with Crippen molar-refractivity contribution in [3.63, 3.8) is 0 Å². The first-order chi connectivity index (χ1) is 8.70. The molecule has 0 aliphatic heterocycles. The van der Waals surface area contributed by atoms with Crippen LogP contribution in [0, 0.1) is 12.8 Å². The van der Waals surface area contributed by atoms with Crippen LogP contribution in [0.4, 0.5) is 0 Å². The van der Waals surface area contributed by atoms with Gasteiger partial charge in [0.1, 0.15) is 0 Å². The molecule has 108 valence electrons. The van der Waals surface area contributed by atoms with Gasteiger partial charge in [0, 0.05) is 19.3 Å². The summed E-state index contributed by atoms with van der Waals surface area (Å²) >= 11 is 0.634. The van der Waals surface area contributed by atoms with Crippen LogP contribution in [-0.4, -0.2) is 44.4 Å². The minimum Gasteiger partial charge on any atom is -0.469 e. The van der Waals surface area contributed by atoms with Gasteiger partial charge in [-0.3, -0.25) is 9.59 Å². The monoisotopic (exact) mass is 308 g/mol. The highest BCUT2D eigenvalue weighted by molar-refractivity contribution is 7.91. The van der Waals surface area contributed by atoms with Crippen molar-refractivity contribution >= 4 is 27.3 Å². The highest BCUT2D eigenvalue weighted by Crippen LogP contribution is 2.20. The summed E-state index contributed by atoms with van der Waals surface area (Å²) in [6.07, 6.45) is 0. The molecule has 19 heavy (non-hydrogen) atoms. The molecule has 1 atom stereocenters. The molecule has 0 saturated heterocycles. The molecule has 0 radical (unpaired) electrons. The number of sulfonamides is 1. The van der Waals surface area contributed by atoms with Gasteiger partial charge in [-0.25, -0.2) is 8.42 Å². The van der Waals surface area contributed by atoms with Crippen LogP contribution in [0.2, 0.25) is 0 Å². The number of nitrogens with zero attached hydrogens (tertiary/aromatic N) is 1. The zero-order valence-electron chi connectivity index (χ0n) is 11.1. The summed E-state index contributed by atoms with van der Waals surface area (Å²) in [4.78, 5) is 24.4. The average Bonchev–Trinajstić information content (AvgIpc) is 2.67. The first kappa shape index (κ1) is 15.9. The number of thiazole rings is 1. The lowest BCUT2D eigenvalue weighted by atomic mass is 10.2. The van der Waals surface area contributed by atoms with Crippen molar-refractivity contribution in [2.75, 3.05) is 20.7 Å². The topological polar surface area (TPSA) is 96.5 Å². The van der Waals surface area contributed by atoms with Gasteiger partial charge in [0.15, 0.2) is 4.21 Å². The average molecular weight is 308 g/mol. The number of aryl methyl sites for hydroxylation is 1. The molecule has 0 bridgehead atoms. The highest BCUT2D eigenvalue weighted by atomic mass is 32.2. The summed E-state index contributed by atoms with van der Waals surface area (Å²) in [5.41, 5.74) is 0.299. The SMILES string of the molecule is COC(=O)C(C)CN(C)S(=O)(=O)c1sc(=O)[nH]c1C. The molecule has 1 heterocycles. The third-order valence-electron chi connectivity index (χ3n) is 2.56. The van der Waals surface area contributed by atoms with Crippen LogP contribution in [0.3, 0.4) is 0 Å². The number of nitrogens with one attached hydrogen (secondary N) is 1. The number of hydrogen-bond donors (Lipinski definition) is 1. The van der Waals surface area contributed by atoms with E-state index < -0.39 is 26.8 Å². The van der Waals surface area contributed by atoms with E-state index in [1.165, 1.54) is 21.1 Å². The van der Waals surface area contributed by atoms with E-state index in [4.69, 9.17) is 0 Å². The maximum atomic E-state index is 12.2. The van der Waals surface area contributed by atoms with E-state index in [1.807, 2.05) is 0 Å². The molecule has 1 aromatic rings. The number of H-pyrrole nitrogens is 1. The zero-order chi connectivity index (χ0) is 14.8. The molecule has 0 aromatic carbocycles. The Bertz CT molecular complexity index is 616. The number of aromatic amines is 1. The molecule has 0 aliphatic carbocycles. The quantitative estimate of drug-likeness (QED) is 0.782. The lowest BCUT2D eigenvalue weighted by molar-refractivity contribution is -0.144. The van der Waals surface area contributed by atoms with Gasteiger partial charge in [0.25, 0.3) is 10.0 Å². The molecule has 0 amide bonds. The lowest BCUT2D eigenvalue weighted by Gasteiger charge is -2.19. The van der Waals surface area contributed by atoms with Crippen molar-refractivity contribution in [3.05, 3.63) is 15.4 Å². The van der Waals surface area contributed by atoms with Crippen molar-refractivity contribution in [1.82, 2.24) is 9.29 Å². The van der Waals surface area contributed by atoms with Crippen molar-refractivity contribution in [2.45, 2.75) is 18.1 Å². The maximum absolute atomic E-state index is 12.2. The second-order valence-corrected chi connectivity index (χ2v) is 7.36. The van der Waals surface area contributed by atoms with Crippen molar-refractivity contribution in [3.8, 4) is 0 Å². The zero-order valence-corrected chi connectivity index (χ0v) is 12.7. The third kappa shape index (κ3) is 3.43. The minimum absolute atomic E-state index is 0.0134. The van der Waals surface area contributed by atoms with Crippen LogP contribution in [0.1, 0.15) is 12.6 Å². The molecule has 1 N–H and O–H groups in total. The normalized spacial score (nSPS) is 13.5. The maximum Gasteiger partial charge on any atom is 0.309 e. The Balaban J connectivity index is 2.98. The van der Waals surface area contributed by atoms with E-state index in [2.05, 4.69) is 9.72 Å². The number of carbonyl (C=O) groups is 1. The van der Waals surface area contributed by atoms with Gasteiger partial charge in [-0.05, 0) is 6.92 Å². The molecular formula is C10H16N2O5S2. The molecule has 1 rings (SSSR count). The van der Waals surface area contributed by atoms with E-state index >= 15 is 0 Å². The number of ether oxygens (including phenoxy) is 1. The number of rotatable bonds is 5. The fourth-order valence-electron chi connectivity index (χ4n) is 1.54. The van der Waals surface area contributed by atoms with Crippen molar-refractivity contribution in [1.29, 1.82) is 0 Å². The number of aromatic nitrogens is 1. The summed E-state index contributed by atoms with van der Waals surface area (Å²) in [6, 6.07) is 0. The molecule has 7 nitrogen and oxygen atoms in total. The number of carbonyl (C=O) groups excluding carboxylic acids is 1. The Kier molecular flexibility index (Phi) is 4.88. The first-order valence-corrected chi connectivity index (χ1v) is 7.69. The van der Waals surface area contributed by atoms with E-state index in [1.54, 1.807) is 6.92 Å². The summed E-state index contributed by atoms with van der Waals surface area (Å²) in [6.45, 7) is 3.08. The predicted molar refractivity (Wildman–Crippen MR) is 70.7 cm³/mol. The van der Waals surface area contributed by atoms with Crippen LogP contribution in [0.25, 0.3) is 0 Å². The van der Waals surface area contributed by atoms with Crippen molar-refractivity contribution in [2.24, 2.45) is 5.92 Å². The first-order valence-electron chi connectivity index (χ1n) is 5.44. The highest BCUT2D eigenvalue weighted by Gasteiger charge is 2.28. The van der Waals surface area contributed by atoms with Gasteiger partial charge in [-0.1, -0.05) is 18.3 Å². The summed E-state index contributed by atoms with van der Waals surface area (Å²) in [7, 11) is -1.17. The van der Waals surface area contributed by atoms with E-state index in [-0.39, 0.29) is 10.8 Å². The molecular weight excluding hydrogens is 292 g/mol. The van der Waals surface area contributed by atoms with Gasteiger partial charge in [-0.15, -0.1) is 0 Å². The van der Waals surface area contributed by atoms with Crippen LogP contribution < -0.4 is 4.87 Å². The molecule has 1 aromatic heterocycles. The van der Waals surface area contributed by atoms with E-state index in [0.29, 0.717) is 17.0 Å². The largest absolute Gasteiger partial charge is 0.469 e. The number of methoxy groups -OCH3 is 1. The van der Waals surface area contributed by atoms with Crippen LogP contribution in [0.15, 0.2) is 9.00 Å². The fourth-order valence-corrected chi connectivity index (χ4v) is 4.29. The van der Waals surface area contributed by atoms with E-state index in [9.17, 15) is 18.0 Å². The Morgan fingerprint density at radius 2 is 2.11 bits per heavy atom. The Hall–Kier alpha value is -1.19. The summed E-state index contributed by atoms with van der Waals surface area (Å²) < 4.78 is 30.0. The molecule has 0 fully saturated rings. The van der Waals surface area contributed by atoms with Crippen LogP contribution >= 0.6 is 11.3 Å². The van der Waals surface area contributed by atoms with Gasteiger partial charge >= 0.3 is 10.8 Å². The second-order valence-electron chi connectivity index (χ2n) is 4.14. The molecule has 0 aliphatic rings. The van der Waals surface area contributed by atoms with Gasteiger partial charge in [-0.2, -0.15) is 4.31 Å². The fraction of sp³-hybridized carbons (Fsp3) is 0.600. The smallest absolute Gasteiger partial charge is 0.309 e. The Morgan fingerprint density at radius 3 is 2.53 bits per heavy atom. The molecule has 1 unspecified atom stereocenters. The molecule has 0 saturated carbocycles. The standard InChI is InChI=1S/C10H16N2O5S2/c1-6(8(13)17-4)5-12(3)19(15,16)9-7(2)11-10(14)18-9/h6H,5H2,1-4H3,(H,11,14). The number of esters is 1. The third-order valence-corrected chi connectivity index (χ3v) is 5.97. The Labute approximate surface area is 115 Å². The predicted octanol–water partition coefficient (Wildman–Crippen LogP) is 0.174.